The molecule has 200 valence electrons. The third-order valence-electron chi connectivity index (χ3n) is 6.48. The molecule has 0 radical (unpaired) electrons. The van der Waals surface area contributed by atoms with E-state index in [2.05, 4.69) is 43.1 Å². The lowest BCUT2D eigenvalue weighted by molar-refractivity contribution is 0.0522. The Morgan fingerprint density at radius 2 is 2.08 bits per heavy atom. The SMILES string of the molecule is CCOC(=O)c1cc(OCC(O)CNC2CCN(c3ncnc4scc(-c5cccs5)c34)CC2)ccc1O. The van der Waals surface area contributed by atoms with Gasteiger partial charge >= 0.3 is 5.97 Å². The van der Waals surface area contributed by atoms with Gasteiger partial charge < -0.3 is 29.9 Å². The van der Waals surface area contributed by atoms with Gasteiger partial charge in [-0.15, -0.1) is 22.7 Å². The van der Waals surface area contributed by atoms with E-state index in [1.165, 1.54) is 22.6 Å². The van der Waals surface area contributed by atoms with Crippen molar-refractivity contribution in [2.75, 3.05) is 37.7 Å². The summed E-state index contributed by atoms with van der Waals surface area (Å²) in [5.74, 6) is 0.578. The lowest BCUT2D eigenvalue weighted by Crippen LogP contribution is -2.45. The number of fused-ring (bicyclic) bond motifs is 1. The van der Waals surface area contributed by atoms with Gasteiger partial charge in [0.15, 0.2) is 0 Å². The molecule has 11 heteroatoms. The van der Waals surface area contributed by atoms with Crippen molar-refractivity contribution in [3.63, 3.8) is 0 Å². The van der Waals surface area contributed by atoms with Crippen LogP contribution < -0.4 is 15.0 Å². The number of piperidine rings is 1. The number of carbonyl (C=O) groups excluding carboxylic acids is 1. The number of carbonyl (C=O) groups is 1. The minimum Gasteiger partial charge on any atom is -0.507 e. The number of esters is 1. The average Bonchev–Trinajstić information content (AvgIpc) is 3.62. The largest absolute Gasteiger partial charge is 0.507 e. The van der Waals surface area contributed by atoms with Crippen molar-refractivity contribution in [2.24, 2.45) is 0 Å². The van der Waals surface area contributed by atoms with Crippen LogP contribution in [-0.4, -0.2) is 71.1 Å². The fourth-order valence-electron chi connectivity index (χ4n) is 4.54. The van der Waals surface area contributed by atoms with E-state index in [4.69, 9.17) is 9.47 Å². The molecule has 1 fully saturated rings. The summed E-state index contributed by atoms with van der Waals surface area (Å²) in [5, 5.41) is 29.2. The highest BCUT2D eigenvalue weighted by Crippen LogP contribution is 2.40. The normalized spacial score (nSPS) is 15.1. The molecule has 0 amide bonds. The van der Waals surface area contributed by atoms with Crippen molar-refractivity contribution >= 4 is 44.7 Å². The highest BCUT2D eigenvalue weighted by molar-refractivity contribution is 7.18. The van der Waals surface area contributed by atoms with E-state index in [-0.39, 0.29) is 30.6 Å². The van der Waals surface area contributed by atoms with Gasteiger partial charge in [-0.2, -0.15) is 0 Å². The number of rotatable bonds is 10. The van der Waals surface area contributed by atoms with E-state index in [0.29, 0.717) is 12.3 Å². The van der Waals surface area contributed by atoms with Gasteiger partial charge in [0, 0.05) is 41.5 Å². The van der Waals surface area contributed by atoms with Crippen molar-refractivity contribution in [2.45, 2.75) is 31.9 Å². The number of phenolic OH excluding ortho intramolecular Hbond substituents is 1. The number of hydrogen-bond acceptors (Lipinski definition) is 11. The highest BCUT2D eigenvalue weighted by Gasteiger charge is 2.24. The van der Waals surface area contributed by atoms with Gasteiger partial charge in [-0.25, -0.2) is 14.8 Å². The van der Waals surface area contributed by atoms with Crippen LogP contribution in [0.25, 0.3) is 20.7 Å². The quantitative estimate of drug-likeness (QED) is 0.247. The highest BCUT2D eigenvalue weighted by atomic mass is 32.1. The number of aliphatic hydroxyl groups is 1. The van der Waals surface area contributed by atoms with Crippen LogP contribution >= 0.6 is 22.7 Å². The van der Waals surface area contributed by atoms with E-state index < -0.39 is 12.1 Å². The Morgan fingerprint density at radius 3 is 2.84 bits per heavy atom. The molecule has 9 nitrogen and oxygen atoms in total. The molecule has 1 aliphatic heterocycles. The molecule has 1 aliphatic rings. The number of benzene rings is 1. The van der Waals surface area contributed by atoms with Gasteiger partial charge in [-0.1, -0.05) is 6.07 Å². The van der Waals surface area contributed by atoms with Crippen LogP contribution in [0.4, 0.5) is 5.82 Å². The maximum absolute atomic E-state index is 12.0. The Bertz CT molecular complexity index is 1370. The number of aromatic nitrogens is 2. The van der Waals surface area contributed by atoms with Crippen LogP contribution in [0, 0.1) is 0 Å². The summed E-state index contributed by atoms with van der Waals surface area (Å²) < 4.78 is 10.6. The first-order valence-electron chi connectivity index (χ1n) is 12.6. The van der Waals surface area contributed by atoms with Gasteiger partial charge in [0.25, 0.3) is 0 Å². The predicted molar refractivity (Wildman–Crippen MR) is 150 cm³/mol. The second-order valence-corrected chi connectivity index (χ2v) is 10.8. The van der Waals surface area contributed by atoms with Crippen LogP contribution in [0.5, 0.6) is 11.5 Å². The molecule has 0 bridgehead atoms. The first-order chi connectivity index (χ1) is 18.5. The Kier molecular flexibility index (Phi) is 8.38. The summed E-state index contributed by atoms with van der Waals surface area (Å²) in [6.45, 7) is 4.07. The molecule has 0 spiro atoms. The topological polar surface area (TPSA) is 117 Å². The third kappa shape index (κ3) is 5.91. The van der Waals surface area contributed by atoms with Crippen molar-refractivity contribution in [1.82, 2.24) is 15.3 Å². The van der Waals surface area contributed by atoms with Gasteiger partial charge in [0.1, 0.15) is 46.7 Å². The van der Waals surface area contributed by atoms with Crippen LogP contribution in [0.15, 0.2) is 47.4 Å². The standard InChI is InChI=1S/C27H30N4O5S2/c1-2-35-27(34)20-12-19(5-6-22(20)33)36-14-18(32)13-28-17-7-9-31(10-8-17)25-24-21(23-4-3-11-37-23)15-38-26(24)30-16-29-25/h3-6,11-12,15-18,28,32-33H,2,7-10,13-14H2,1H3. The molecule has 38 heavy (non-hydrogen) atoms. The summed E-state index contributed by atoms with van der Waals surface area (Å²) in [6, 6.07) is 8.83. The van der Waals surface area contributed by atoms with E-state index >= 15 is 0 Å². The molecule has 1 atom stereocenters. The summed E-state index contributed by atoms with van der Waals surface area (Å²) >= 11 is 3.38. The third-order valence-corrected chi connectivity index (χ3v) is 8.27. The lowest BCUT2D eigenvalue weighted by atomic mass is 10.0. The number of nitrogens with zero attached hydrogens (tertiary/aromatic N) is 3. The second kappa shape index (κ2) is 12.1. The zero-order valence-corrected chi connectivity index (χ0v) is 22.6. The Morgan fingerprint density at radius 1 is 1.24 bits per heavy atom. The smallest absolute Gasteiger partial charge is 0.342 e. The molecule has 4 aromatic rings. The van der Waals surface area contributed by atoms with Crippen LogP contribution in [0.1, 0.15) is 30.1 Å². The van der Waals surface area contributed by atoms with Crippen molar-refractivity contribution in [3.8, 4) is 21.9 Å². The Hall–Kier alpha value is -3.25. The minimum atomic E-state index is -0.728. The predicted octanol–water partition coefficient (Wildman–Crippen LogP) is 4.30. The number of aromatic hydroxyl groups is 1. The van der Waals surface area contributed by atoms with E-state index in [0.717, 1.165) is 42.0 Å². The molecule has 5 rings (SSSR count). The minimum absolute atomic E-state index is 0.0367. The van der Waals surface area contributed by atoms with Gasteiger partial charge in [0.2, 0.25) is 0 Å². The van der Waals surface area contributed by atoms with Crippen LogP contribution in [-0.2, 0) is 4.74 Å². The number of thiophene rings is 2. The van der Waals surface area contributed by atoms with Crippen molar-refractivity contribution in [3.05, 3.63) is 53.0 Å². The maximum atomic E-state index is 12.0. The summed E-state index contributed by atoms with van der Waals surface area (Å²) in [5.41, 5.74) is 1.23. The number of phenols is 1. The number of nitrogens with one attached hydrogen (secondary N) is 1. The van der Waals surface area contributed by atoms with Crippen molar-refractivity contribution in [1.29, 1.82) is 0 Å². The summed E-state index contributed by atoms with van der Waals surface area (Å²) in [4.78, 5) is 25.7. The van der Waals surface area contributed by atoms with Crippen LogP contribution in [0.2, 0.25) is 0 Å². The maximum Gasteiger partial charge on any atom is 0.342 e. The molecule has 0 saturated carbocycles. The number of anilines is 1. The molecule has 3 aromatic heterocycles. The Labute approximate surface area is 228 Å². The average molecular weight is 555 g/mol. The van der Waals surface area contributed by atoms with Gasteiger partial charge in [-0.3, -0.25) is 0 Å². The molecular weight excluding hydrogens is 524 g/mol. The molecule has 0 aliphatic carbocycles. The second-order valence-electron chi connectivity index (χ2n) is 9.04. The zero-order chi connectivity index (χ0) is 26.5. The van der Waals surface area contributed by atoms with E-state index in [9.17, 15) is 15.0 Å². The summed E-state index contributed by atoms with van der Waals surface area (Å²) in [6.07, 6.45) is 2.78. The number of aliphatic hydroxyl groups excluding tert-OH is 1. The number of hydrogen-bond donors (Lipinski definition) is 3. The molecule has 1 unspecified atom stereocenters. The van der Waals surface area contributed by atoms with Gasteiger partial charge in [-0.05, 0) is 49.4 Å². The lowest BCUT2D eigenvalue weighted by Gasteiger charge is -2.34. The summed E-state index contributed by atoms with van der Waals surface area (Å²) in [7, 11) is 0. The first kappa shape index (κ1) is 26.4. The molecule has 1 aromatic carbocycles. The fourth-order valence-corrected chi connectivity index (χ4v) is 6.26. The molecular formula is C27H30N4O5S2. The molecule has 4 heterocycles. The van der Waals surface area contributed by atoms with E-state index in [1.807, 2.05) is 0 Å². The zero-order valence-electron chi connectivity index (χ0n) is 21.0. The van der Waals surface area contributed by atoms with E-state index in [1.54, 1.807) is 42.0 Å². The van der Waals surface area contributed by atoms with Crippen molar-refractivity contribution < 1.29 is 24.5 Å². The van der Waals surface area contributed by atoms with Gasteiger partial charge in [0.05, 0.1) is 12.0 Å². The van der Waals surface area contributed by atoms with Crippen LogP contribution in [0.3, 0.4) is 0 Å². The monoisotopic (exact) mass is 554 g/mol. The first-order valence-corrected chi connectivity index (χ1v) is 14.3. The fraction of sp³-hybridized carbons (Fsp3) is 0.370. The molecule has 1 saturated heterocycles. The Balaban J connectivity index is 1.12. The molecule has 3 N–H and O–H groups in total. The number of ether oxygens (including phenoxy) is 2.